The minimum atomic E-state index is -0.0722. The fourth-order valence-electron chi connectivity index (χ4n) is 4.66. The van der Waals surface area contributed by atoms with Crippen LogP contribution in [0.2, 0.25) is 0 Å². The molecule has 1 unspecified atom stereocenters. The van der Waals surface area contributed by atoms with Crippen molar-refractivity contribution in [2.24, 2.45) is 0 Å². The number of pyridine rings is 1. The number of likely N-dealkylation sites (tertiary alicyclic amines) is 1. The van der Waals surface area contributed by atoms with Crippen molar-refractivity contribution in [2.75, 3.05) is 20.8 Å². The van der Waals surface area contributed by atoms with Gasteiger partial charge in [0.05, 0.1) is 25.9 Å². The van der Waals surface area contributed by atoms with E-state index in [1.807, 2.05) is 82.5 Å². The Labute approximate surface area is 210 Å². The predicted molar refractivity (Wildman–Crippen MR) is 139 cm³/mol. The normalized spacial score (nSPS) is 15.4. The maximum absolute atomic E-state index is 13.4. The van der Waals surface area contributed by atoms with Gasteiger partial charge < -0.3 is 14.4 Å². The van der Waals surface area contributed by atoms with Gasteiger partial charge in [0.15, 0.2) is 0 Å². The third-order valence-electron chi connectivity index (χ3n) is 6.44. The molecule has 2 aromatic carbocycles. The third-order valence-corrected chi connectivity index (χ3v) is 6.44. The Bertz CT molecular complexity index is 1370. The lowest BCUT2D eigenvalue weighted by Crippen LogP contribution is -2.29. The molecule has 5 rings (SSSR count). The molecule has 3 heterocycles. The Kier molecular flexibility index (Phi) is 6.80. The first-order valence-corrected chi connectivity index (χ1v) is 11.9. The van der Waals surface area contributed by atoms with E-state index in [1.165, 1.54) is 0 Å². The summed E-state index contributed by atoms with van der Waals surface area (Å²) in [5, 5.41) is 4.80. The Morgan fingerprint density at radius 3 is 2.67 bits per heavy atom. The number of benzene rings is 2. The maximum Gasteiger partial charge on any atom is 0.247 e. The Morgan fingerprint density at radius 1 is 1.06 bits per heavy atom. The van der Waals surface area contributed by atoms with Crippen LogP contribution in [-0.2, 0) is 4.79 Å². The zero-order valence-electron chi connectivity index (χ0n) is 20.4. The summed E-state index contributed by atoms with van der Waals surface area (Å²) >= 11 is 0. The molecule has 0 aliphatic carbocycles. The van der Waals surface area contributed by atoms with Gasteiger partial charge in [-0.05, 0) is 61.4 Å². The van der Waals surface area contributed by atoms with E-state index in [-0.39, 0.29) is 11.9 Å². The summed E-state index contributed by atoms with van der Waals surface area (Å²) in [4.78, 5) is 19.6. The zero-order valence-corrected chi connectivity index (χ0v) is 20.4. The first-order valence-electron chi connectivity index (χ1n) is 11.9. The molecule has 0 N–H and O–H groups in total. The average Bonchev–Trinajstić information content (AvgIpc) is 3.60. The number of carbonyl (C=O) groups excluding carboxylic acids is 1. The first-order chi connectivity index (χ1) is 17.7. The smallest absolute Gasteiger partial charge is 0.247 e. The molecule has 1 aliphatic heterocycles. The molecule has 0 saturated carbocycles. The minimum absolute atomic E-state index is 0.0491. The predicted octanol–water partition coefficient (Wildman–Crippen LogP) is 5.33. The SMILES string of the molecule is COc1ccc(OC)c(C2CCCN2C(=O)/C=C/c2cn(-c3ccccc3)nc2-c2cccnc2)c1. The van der Waals surface area contributed by atoms with Gasteiger partial charge in [0.25, 0.3) is 0 Å². The van der Waals surface area contributed by atoms with Gasteiger partial charge in [0, 0.05) is 47.9 Å². The number of hydrogen-bond acceptors (Lipinski definition) is 5. The van der Waals surface area contributed by atoms with E-state index in [4.69, 9.17) is 14.6 Å². The highest BCUT2D eigenvalue weighted by atomic mass is 16.5. The Hall–Kier alpha value is -4.39. The molecule has 1 fully saturated rings. The van der Waals surface area contributed by atoms with Crippen molar-refractivity contribution in [3.05, 3.63) is 96.5 Å². The number of methoxy groups -OCH3 is 2. The molecule has 0 spiro atoms. The summed E-state index contributed by atoms with van der Waals surface area (Å²) in [6.45, 7) is 0.687. The van der Waals surface area contributed by atoms with Crippen LogP contribution >= 0.6 is 0 Å². The summed E-state index contributed by atoms with van der Waals surface area (Å²) in [6, 6.07) is 19.4. The van der Waals surface area contributed by atoms with Crippen LogP contribution in [0.3, 0.4) is 0 Å². The molecule has 1 saturated heterocycles. The van der Waals surface area contributed by atoms with Gasteiger partial charge in [-0.25, -0.2) is 4.68 Å². The second kappa shape index (κ2) is 10.5. The van der Waals surface area contributed by atoms with Gasteiger partial charge >= 0.3 is 0 Å². The molecule has 2 aromatic heterocycles. The van der Waals surface area contributed by atoms with E-state index in [9.17, 15) is 4.79 Å². The van der Waals surface area contributed by atoms with Crippen molar-refractivity contribution < 1.29 is 14.3 Å². The van der Waals surface area contributed by atoms with Crippen LogP contribution in [0.25, 0.3) is 23.0 Å². The number of para-hydroxylation sites is 1. The highest BCUT2D eigenvalue weighted by Gasteiger charge is 2.31. The van der Waals surface area contributed by atoms with Gasteiger partial charge in [-0.3, -0.25) is 9.78 Å². The van der Waals surface area contributed by atoms with E-state index < -0.39 is 0 Å². The van der Waals surface area contributed by atoms with Gasteiger partial charge in [0.1, 0.15) is 17.2 Å². The van der Waals surface area contributed by atoms with E-state index in [0.29, 0.717) is 6.54 Å². The van der Waals surface area contributed by atoms with Gasteiger partial charge in [-0.15, -0.1) is 0 Å². The molecule has 0 bridgehead atoms. The molecular weight excluding hydrogens is 452 g/mol. The van der Waals surface area contributed by atoms with Crippen LogP contribution in [0.4, 0.5) is 0 Å². The summed E-state index contributed by atoms with van der Waals surface area (Å²) < 4.78 is 12.8. The second-order valence-corrected chi connectivity index (χ2v) is 8.59. The molecule has 7 heteroatoms. The zero-order chi connectivity index (χ0) is 24.9. The van der Waals surface area contributed by atoms with E-state index in [2.05, 4.69) is 4.98 Å². The van der Waals surface area contributed by atoms with Crippen molar-refractivity contribution in [2.45, 2.75) is 18.9 Å². The molecule has 7 nitrogen and oxygen atoms in total. The lowest BCUT2D eigenvalue weighted by molar-refractivity contribution is -0.126. The van der Waals surface area contributed by atoms with Crippen LogP contribution in [0.1, 0.15) is 30.0 Å². The van der Waals surface area contributed by atoms with Crippen LogP contribution in [0.15, 0.2) is 85.3 Å². The molecule has 1 amide bonds. The Morgan fingerprint density at radius 2 is 1.92 bits per heavy atom. The lowest BCUT2D eigenvalue weighted by Gasteiger charge is -2.25. The number of hydrogen-bond donors (Lipinski definition) is 0. The van der Waals surface area contributed by atoms with Crippen molar-refractivity contribution >= 4 is 12.0 Å². The minimum Gasteiger partial charge on any atom is -0.497 e. The second-order valence-electron chi connectivity index (χ2n) is 8.59. The van der Waals surface area contributed by atoms with Crippen molar-refractivity contribution in [1.82, 2.24) is 19.7 Å². The molecule has 182 valence electrons. The van der Waals surface area contributed by atoms with Gasteiger partial charge in [-0.2, -0.15) is 5.10 Å². The first kappa shape index (κ1) is 23.4. The fourth-order valence-corrected chi connectivity index (χ4v) is 4.66. The fraction of sp³-hybridized carbons (Fsp3) is 0.207. The maximum atomic E-state index is 13.4. The van der Waals surface area contributed by atoms with E-state index in [0.717, 1.165) is 52.4 Å². The Balaban J connectivity index is 1.45. The molecule has 36 heavy (non-hydrogen) atoms. The van der Waals surface area contributed by atoms with Crippen LogP contribution in [0.5, 0.6) is 11.5 Å². The van der Waals surface area contributed by atoms with Crippen LogP contribution in [0, 0.1) is 0 Å². The third kappa shape index (κ3) is 4.73. The standard InChI is InChI=1S/C29H28N4O3/c1-35-24-13-14-27(36-2)25(18-24)26-11-7-17-32(26)28(34)15-12-22-20-33(23-9-4-3-5-10-23)31-29(22)21-8-6-16-30-19-21/h3-6,8-10,12-16,18-20,26H,7,11,17H2,1-2H3/b15-12+. The molecule has 4 aromatic rings. The molecule has 0 radical (unpaired) electrons. The molecule has 1 atom stereocenters. The average molecular weight is 481 g/mol. The quantitative estimate of drug-likeness (QED) is 0.335. The summed E-state index contributed by atoms with van der Waals surface area (Å²) in [6.07, 6.45) is 10.7. The highest BCUT2D eigenvalue weighted by molar-refractivity contribution is 5.93. The lowest BCUT2D eigenvalue weighted by atomic mass is 10.0. The molecular formula is C29H28N4O3. The summed E-state index contributed by atoms with van der Waals surface area (Å²) in [5.41, 5.74) is 4.40. The largest absolute Gasteiger partial charge is 0.497 e. The highest BCUT2D eigenvalue weighted by Crippen LogP contribution is 2.39. The number of rotatable bonds is 7. The number of ether oxygens (including phenoxy) is 2. The van der Waals surface area contributed by atoms with Gasteiger partial charge in [-0.1, -0.05) is 18.2 Å². The topological polar surface area (TPSA) is 69.5 Å². The summed E-state index contributed by atoms with van der Waals surface area (Å²) in [5.74, 6) is 1.45. The van der Waals surface area contributed by atoms with Crippen molar-refractivity contribution in [3.8, 4) is 28.4 Å². The van der Waals surface area contributed by atoms with Crippen molar-refractivity contribution in [1.29, 1.82) is 0 Å². The van der Waals surface area contributed by atoms with Gasteiger partial charge in [0.2, 0.25) is 5.91 Å². The van der Waals surface area contributed by atoms with E-state index >= 15 is 0 Å². The summed E-state index contributed by atoms with van der Waals surface area (Å²) in [7, 11) is 3.29. The van der Waals surface area contributed by atoms with Crippen molar-refractivity contribution in [3.63, 3.8) is 0 Å². The number of amides is 1. The molecule has 1 aliphatic rings. The van der Waals surface area contributed by atoms with E-state index in [1.54, 1.807) is 32.7 Å². The monoisotopic (exact) mass is 480 g/mol. The van der Waals surface area contributed by atoms with Crippen LogP contribution < -0.4 is 9.47 Å². The number of aromatic nitrogens is 3. The van der Waals surface area contributed by atoms with Crippen LogP contribution in [-0.4, -0.2) is 46.3 Å². The number of carbonyl (C=O) groups is 1. The number of nitrogens with zero attached hydrogens (tertiary/aromatic N) is 4.